The lowest BCUT2D eigenvalue weighted by atomic mass is 10.3. The first-order valence-electron chi connectivity index (χ1n) is 5.77. The first kappa shape index (κ1) is 13.6. The summed E-state index contributed by atoms with van der Waals surface area (Å²) in [6.07, 6.45) is 3.78. The Hall–Kier alpha value is -0.810. The Balaban J connectivity index is 2.09. The number of imidazole rings is 1. The summed E-state index contributed by atoms with van der Waals surface area (Å²) in [6, 6.07) is 6.52. The van der Waals surface area contributed by atoms with E-state index in [-0.39, 0.29) is 0 Å². The lowest BCUT2D eigenvalue weighted by Gasteiger charge is -2.13. The molecule has 0 atom stereocenters. The molecule has 1 aromatic heterocycles. The highest BCUT2D eigenvalue weighted by atomic mass is 79.9. The smallest absolute Gasteiger partial charge is 0.0951 e. The van der Waals surface area contributed by atoms with Crippen LogP contribution in [0.25, 0.3) is 0 Å². The topological polar surface area (TPSA) is 29.9 Å². The summed E-state index contributed by atoms with van der Waals surface area (Å²) in [5.41, 5.74) is 2.26. The van der Waals surface area contributed by atoms with E-state index in [0.29, 0.717) is 6.04 Å². The van der Waals surface area contributed by atoms with Crippen molar-refractivity contribution in [2.45, 2.75) is 26.4 Å². The van der Waals surface area contributed by atoms with Gasteiger partial charge in [-0.1, -0.05) is 15.9 Å². The Morgan fingerprint density at radius 3 is 2.78 bits per heavy atom. The largest absolute Gasteiger partial charge is 0.378 e. The zero-order valence-electron chi connectivity index (χ0n) is 10.3. The normalized spacial score (nSPS) is 10.9. The van der Waals surface area contributed by atoms with Crippen LogP contribution in [0.15, 0.2) is 39.7 Å². The molecule has 1 N–H and O–H groups in total. The van der Waals surface area contributed by atoms with Crippen LogP contribution >= 0.6 is 31.9 Å². The van der Waals surface area contributed by atoms with E-state index >= 15 is 0 Å². The average molecular weight is 373 g/mol. The van der Waals surface area contributed by atoms with Gasteiger partial charge in [0.2, 0.25) is 0 Å². The van der Waals surface area contributed by atoms with Crippen LogP contribution in [0.5, 0.6) is 0 Å². The quantitative estimate of drug-likeness (QED) is 0.849. The van der Waals surface area contributed by atoms with Gasteiger partial charge in [-0.15, -0.1) is 0 Å². The Labute approximate surface area is 124 Å². The molecule has 0 aliphatic carbocycles. The molecule has 3 nitrogen and oxygen atoms in total. The molecule has 0 spiro atoms. The zero-order chi connectivity index (χ0) is 13.1. The van der Waals surface area contributed by atoms with Gasteiger partial charge in [-0.3, -0.25) is 0 Å². The van der Waals surface area contributed by atoms with Gasteiger partial charge in [0.15, 0.2) is 0 Å². The number of rotatable bonds is 4. The third-order valence-electron chi connectivity index (χ3n) is 2.69. The molecule has 0 bridgehead atoms. The molecule has 0 saturated heterocycles. The third-order valence-corrected chi connectivity index (χ3v) is 3.84. The molecule has 0 saturated carbocycles. The van der Waals surface area contributed by atoms with Crippen LogP contribution in [0, 0.1) is 0 Å². The van der Waals surface area contributed by atoms with Crippen molar-refractivity contribution in [2.75, 3.05) is 5.32 Å². The zero-order valence-corrected chi connectivity index (χ0v) is 13.5. The molecule has 0 aliphatic rings. The second-order valence-corrected chi connectivity index (χ2v) is 6.13. The number of hydrogen-bond acceptors (Lipinski definition) is 2. The Morgan fingerprint density at radius 1 is 1.33 bits per heavy atom. The van der Waals surface area contributed by atoms with Crippen molar-refractivity contribution in [3.05, 3.63) is 45.4 Å². The van der Waals surface area contributed by atoms with Gasteiger partial charge < -0.3 is 9.88 Å². The van der Waals surface area contributed by atoms with Gasteiger partial charge >= 0.3 is 0 Å². The van der Waals surface area contributed by atoms with Gasteiger partial charge in [0, 0.05) is 26.9 Å². The number of hydrogen-bond donors (Lipinski definition) is 1. The fourth-order valence-electron chi connectivity index (χ4n) is 1.75. The van der Waals surface area contributed by atoms with Crippen LogP contribution in [0.1, 0.15) is 25.6 Å². The molecular formula is C13H15Br2N3. The molecule has 96 valence electrons. The number of anilines is 1. The van der Waals surface area contributed by atoms with Crippen molar-refractivity contribution in [3.8, 4) is 0 Å². The van der Waals surface area contributed by atoms with E-state index in [1.807, 2.05) is 30.7 Å². The van der Waals surface area contributed by atoms with Crippen molar-refractivity contribution in [3.63, 3.8) is 0 Å². The number of halogens is 2. The van der Waals surface area contributed by atoms with Gasteiger partial charge in [-0.25, -0.2) is 4.98 Å². The first-order chi connectivity index (χ1) is 8.58. The predicted molar refractivity (Wildman–Crippen MR) is 81.8 cm³/mol. The van der Waals surface area contributed by atoms with Gasteiger partial charge in [0.05, 0.1) is 18.6 Å². The Bertz CT molecular complexity index is 535. The Kier molecular flexibility index (Phi) is 4.45. The standard InChI is InChI=1S/C13H15Br2N3/c1-9(2)18-8-16-6-11(18)7-17-13-4-3-10(14)5-12(13)15/h3-6,8-9,17H,7H2,1-2H3. The fraction of sp³-hybridized carbons (Fsp3) is 0.308. The van der Waals surface area contributed by atoms with Crippen LogP contribution < -0.4 is 5.32 Å². The molecule has 1 heterocycles. The molecule has 0 amide bonds. The van der Waals surface area contributed by atoms with Gasteiger partial charge in [-0.2, -0.15) is 0 Å². The fourth-order valence-corrected chi connectivity index (χ4v) is 2.94. The molecular weight excluding hydrogens is 358 g/mol. The van der Waals surface area contributed by atoms with E-state index in [2.05, 4.69) is 60.6 Å². The highest BCUT2D eigenvalue weighted by Gasteiger charge is 2.06. The molecule has 1 aromatic carbocycles. The minimum absolute atomic E-state index is 0.428. The van der Waals surface area contributed by atoms with Crippen molar-refractivity contribution in [1.29, 1.82) is 0 Å². The first-order valence-corrected chi connectivity index (χ1v) is 7.36. The molecule has 2 rings (SSSR count). The van der Waals surface area contributed by atoms with Gasteiger partial charge in [0.1, 0.15) is 0 Å². The lowest BCUT2D eigenvalue weighted by Crippen LogP contribution is -2.09. The second-order valence-electron chi connectivity index (χ2n) is 4.36. The van der Waals surface area contributed by atoms with E-state index in [1.165, 1.54) is 5.69 Å². The minimum Gasteiger partial charge on any atom is -0.378 e. The van der Waals surface area contributed by atoms with E-state index in [1.54, 1.807) is 0 Å². The van der Waals surface area contributed by atoms with E-state index in [4.69, 9.17) is 0 Å². The maximum absolute atomic E-state index is 4.20. The molecule has 0 fully saturated rings. The summed E-state index contributed by atoms with van der Waals surface area (Å²) in [6.45, 7) is 5.07. The number of benzene rings is 1. The number of aromatic nitrogens is 2. The van der Waals surface area contributed by atoms with Crippen molar-refractivity contribution >= 4 is 37.5 Å². The van der Waals surface area contributed by atoms with E-state index in [0.717, 1.165) is 21.2 Å². The molecule has 2 aromatic rings. The van der Waals surface area contributed by atoms with Crippen LogP contribution in [0.4, 0.5) is 5.69 Å². The third kappa shape index (κ3) is 3.14. The van der Waals surface area contributed by atoms with E-state index in [9.17, 15) is 0 Å². The number of nitrogens with zero attached hydrogens (tertiary/aromatic N) is 2. The maximum atomic E-state index is 4.20. The summed E-state index contributed by atoms with van der Waals surface area (Å²) in [4.78, 5) is 4.20. The molecule has 18 heavy (non-hydrogen) atoms. The predicted octanol–water partition coefficient (Wildman–Crippen LogP) is 4.60. The maximum Gasteiger partial charge on any atom is 0.0951 e. The average Bonchev–Trinajstić information content (AvgIpc) is 2.76. The summed E-state index contributed by atoms with van der Waals surface area (Å²) in [7, 11) is 0. The summed E-state index contributed by atoms with van der Waals surface area (Å²) in [5, 5.41) is 3.41. The van der Waals surface area contributed by atoms with Crippen molar-refractivity contribution in [1.82, 2.24) is 9.55 Å². The van der Waals surface area contributed by atoms with Crippen molar-refractivity contribution < 1.29 is 0 Å². The SMILES string of the molecule is CC(C)n1cncc1CNc1ccc(Br)cc1Br. The molecule has 0 unspecified atom stereocenters. The van der Waals surface area contributed by atoms with Crippen LogP contribution in [-0.4, -0.2) is 9.55 Å². The van der Waals surface area contributed by atoms with Crippen LogP contribution in [0.3, 0.4) is 0 Å². The highest BCUT2D eigenvalue weighted by molar-refractivity contribution is 9.11. The molecule has 5 heteroatoms. The van der Waals surface area contributed by atoms with Crippen LogP contribution in [-0.2, 0) is 6.54 Å². The van der Waals surface area contributed by atoms with Gasteiger partial charge in [-0.05, 0) is 48.0 Å². The van der Waals surface area contributed by atoms with Gasteiger partial charge in [0.25, 0.3) is 0 Å². The van der Waals surface area contributed by atoms with Crippen molar-refractivity contribution in [2.24, 2.45) is 0 Å². The second kappa shape index (κ2) is 5.89. The Morgan fingerprint density at radius 2 is 2.11 bits per heavy atom. The molecule has 0 radical (unpaired) electrons. The minimum atomic E-state index is 0.428. The number of nitrogens with one attached hydrogen (secondary N) is 1. The van der Waals surface area contributed by atoms with E-state index < -0.39 is 0 Å². The highest BCUT2D eigenvalue weighted by Crippen LogP contribution is 2.26. The summed E-state index contributed by atoms with van der Waals surface area (Å²) < 4.78 is 4.28. The lowest BCUT2D eigenvalue weighted by molar-refractivity contribution is 0.577. The summed E-state index contributed by atoms with van der Waals surface area (Å²) >= 11 is 6.99. The summed E-state index contributed by atoms with van der Waals surface area (Å²) in [5.74, 6) is 0. The van der Waals surface area contributed by atoms with Crippen LogP contribution in [0.2, 0.25) is 0 Å². The monoisotopic (exact) mass is 371 g/mol. The molecule has 0 aliphatic heterocycles.